The summed E-state index contributed by atoms with van der Waals surface area (Å²) in [5.41, 5.74) is 8.22. The second-order valence-electron chi connectivity index (χ2n) is 7.35. The Hall–Kier alpha value is -2.57. The van der Waals surface area contributed by atoms with Gasteiger partial charge < -0.3 is 15.5 Å². The molecule has 1 aliphatic heterocycles. The Morgan fingerprint density at radius 1 is 1.07 bits per heavy atom. The molecule has 4 rings (SSSR count). The molecule has 2 aliphatic rings. The molecule has 2 fully saturated rings. The molecular weight excluding hydrogens is 343 g/mol. The molecule has 27 heavy (non-hydrogen) atoms. The Labute approximate surface area is 159 Å². The molecule has 1 aromatic heterocycles. The maximum absolute atomic E-state index is 13.1. The minimum absolute atomic E-state index is 0.205. The zero-order valence-corrected chi connectivity index (χ0v) is 15.6. The second kappa shape index (κ2) is 7.98. The number of aliphatic imine (C=N–C) groups is 1. The van der Waals surface area contributed by atoms with Crippen LogP contribution in [0.5, 0.6) is 0 Å². The number of guanidine groups is 1. The van der Waals surface area contributed by atoms with Gasteiger partial charge in [0.1, 0.15) is 5.82 Å². The Morgan fingerprint density at radius 3 is 2.48 bits per heavy atom. The average Bonchev–Trinajstić information content (AvgIpc) is 3.38. The molecule has 2 heterocycles. The van der Waals surface area contributed by atoms with Gasteiger partial charge in [0.05, 0.1) is 18.3 Å². The third kappa shape index (κ3) is 4.23. The van der Waals surface area contributed by atoms with Crippen molar-refractivity contribution in [2.45, 2.75) is 38.3 Å². The summed E-state index contributed by atoms with van der Waals surface area (Å²) in [6.45, 7) is 3.83. The van der Waals surface area contributed by atoms with Crippen molar-refractivity contribution in [1.29, 1.82) is 0 Å². The minimum Gasteiger partial charge on any atom is -0.370 e. The monoisotopic (exact) mass is 370 g/mol. The van der Waals surface area contributed by atoms with E-state index in [-0.39, 0.29) is 5.82 Å². The van der Waals surface area contributed by atoms with Crippen molar-refractivity contribution in [2.75, 3.05) is 31.1 Å². The lowest BCUT2D eigenvalue weighted by Crippen LogP contribution is -2.51. The molecule has 0 amide bonds. The van der Waals surface area contributed by atoms with E-state index in [1.54, 1.807) is 0 Å². The number of nitrogens with zero attached hydrogens (tertiary/aromatic N) is 5. The van der Waals surface area contributed by atoms with E-state index in [1.807, 2.05) is 18.2 Å². The molecule has 6 nitrogen and oxygen atoms in total. The first-order valence-electron chi connectivity index (χ1n) is 9.78. The number of nitrogens with two attached hydrogens (primary N) is 1. The van der Waals surface area contributed by atoms with Crippen LogP contribution < -0.4 is 10.6 Å². The van der Waals surface area contributed by atoms with E-state index in [0.29, 0.717) is 18.5 Å². The smallest absolute Gasteiger partial charge is 0.191 e. The first-order valence-corrected chi connectivity index (χ1v) is 9.78. The first-order chi connectivity index (χ1) is 13.2. The Balaban J connectivity index is 1.29. The summed E-state index contributed by atoms with van der Waals surface area (Å²) in [5, 5.41) is 4.66. The number of hydrogen-bond acceptors (Lipinski definition) is 3. The summed E-state index contributed by atoms with van der Waals surface area (Å²) in [6.07, 6.45) is 7.12. The van der Waals surface area contributed by atoms with E-state index in [2.05, 4.69) is 30.8 Å². The van der Waals surface area contributed by atoms with Gasteiger partial charge in [-0.25, -0.2) is 9.38 Å². The lowest BCUT2D eigenvalue weighted by Gasteiger charge is -2.36. The number of benzene rings is 1. The maximum atomic E-state index is 13.1. The van der Waals surface area contributed by atoms with Crippen LogP contribution >= 0.6 is 0 Å². The van der Waals surface area contributed by atoms with Crippen LogP contribution in [0.25, 0.3) is 0 Å². The van der Waals surface area contributed by atoms with Crippen LogP contribution in [-0.2, 0) is 6.54 Å². The summed E-state index contributed by atoms with van der Waals surface area (Å²) in [4.78, 5) is 8.89. The van der Waals surface area contributed by atoms with Gasteiger partial charge in [-0.2, -0.15) is 5.10 Å². The van der Waals surface area contributed by atoms with Gasteiger partial charge in [0.2, 0.25) is 0 Å². The van der Waals surface area contributed by atoms with Crippen molar-refractivity contribution in [2.24, 2.45) is 10.7 Å². The quantitative estimate of drug-likeness (QED) is 0.664. The van der Waals surface area contributed by atoms with Crippen molar-refractivity contribution < 1.29 is 4.39 Å². The molecule has 1 aliphatic carbocycles. The number of hydrogen-bond donors (Lipinski definition) is 1. The highest BCUT2D eigenvalue weighted by Gasteiger charge is 2.19. The normalized spacial score (nSPS) is 19.1. The van der Waals surface area contributed by atoms with Crippen LogP contribution in [0.1, 0.15) is 37.4 Å². The highest BCUT2D eigenvalue weighted by Crippen LogP contribution is 2.28. The molecule has 2 aromatic rings. The molecule has 1 saturated carbocycles. The summed E-state index contributed by atoms with van der Waals surface area (Å²) in [6, 6.07) is 9.25. The van der Waals surface area contributed by atoms with Gasteiger partial charge in [0.25, 0.3) is 0 Å². The predicted octanol–water partition coefficient (Wildman–Crippen LogP) is 2.77. The Bertz CT molecular complexity index is 770. The minimum atomic E-state index is -0.205. The predicted molar refractivity (Wildman–Crippen MR) is 105 cm³/mol. The van der Waals surface area contributed by atoms with Gasteiger partial charge in [0, 0.05) is 38.1 Å². The molecule has 1 saturated heterocycles. The number of piperazine rings is 1. The van der Waals surface area contributed by atoms with E-state index in [1.165, 1.54) is 37.8 Å². The van der Waals surface area contributed by atoms with E-state index in [4.69, 9.17) is 5.73 Å². The Kier molecular flexibility index (Phi) is 5.27. The summed E-state index contributed by atoms with van der Waals surface area (Å²) < 4.78 is 15.2. The molecule has 0 spiro atoms. The summed E-state index contributed by atoms with van der Waals surface area (Å²) in [7, 11) is 0. The molecule has 2 N–H and O–H groups in total. The van der Waals surface area contributed by atoms with E-state index in [9.17, 15) is 4.39 Å². The third-order valence-corrected chi connectivity index (χ3v) is 5.56. The van der Waals surface area contributed by atoms with Crippen molar-refractivity contribution in [3.05, 3.63) is 48.0 Å². The molecule has 7 heteroatoms. The first kappa shape index (κ1) is 17.8. The average molecular weight is 370 g/mol. The van der Waals surface area contributed by atoms with Gasteiger partial charge in [0.15, 0.2) is 5.96 Å². The number of halogens is 1. The second-order valence-corrected chi connectivity index (χ2v) is 7.35. The number of anilines is 1. The fourth-order valence-electron chi connectivity index (χ4n) is 3.94. The summed E-state index contributed by atoms with van der Waals surface area (Å²) >= 11 is 0. The molecule has 1 aromatic carbocycles. The van der Waals surface area contributed by atoms with Crippen molar-refractivity contribution in [1.82, 2.24) is 14.7 Å². The van der Waals surface area contributed by atoms with E-state index >= 15 is 0 Å². The summed E-state index contributed by atoms with van der Waals surface area (Å²) in [5.74, 6) is 0.369. The van der Waals surface area contributed by atoms with Gasteiger partial charge in [-0.15, -0.1) is 0 Å². The number of aromatic nitrogens is 2. The van der Waals surface area contributed by atoms with Crippen LogP contribution in [-0.4, -0.2) is 46.8 Å². The lowest BCUT2D eigenvalue weighted by molar-refractivity contribution is 0.380. The highest BCUT2D eigenvalue weighted by atomic mass is 19.1. The fraction of sp³-hybridized carbons (Fsp3) is 0.500. The standard InChI is InChI=1S/C20H27FN6/c21-16-5-7-18(8-6-16)25-11-13-26(14-12-25)20(22)23-15-17-9-10-27(24-17)19-3-1-2-4-19/h5-10,19H,1-4,11-15H2,(H2,22,23). The molecule has 144 valence electrons. The third-order valence-electron chi connectivity index (χ3n) is 5.56. The maximum Gasteiger partial charge on any atom is 0.191 e. The Morgan fingerprint density at radius 2 is 1.78 bits per heavy atom. The van der Waals surface area contributed by atoms with Crippen LogP contribution in [0.4, 0.5) is 10.1 Å². The topological polar surface area (TPSA) is 62.7 Å². The van der Waals surface area contributed by atoms with E-state index in [0.717, 1.165) is 37.6 Å². The van der Waals surface area contributed by atoms with Crippen molar-refractivity contribution in [3.8, 4) is 0 Å². The molecule has 0 unspecified atom stereocenters. The number of rotatable bonds is 4. The van der Waals surface area contributed by atoms with Crippen LogP contribution in [0.15, 0.2) is 41.5 Å². The molecular formula is C20H27FN6. The van der Waals surface area contributed by atoms with Gasteiger partial charge in [-0.3, -0.25) is 4.68 Å². The van der Waals surface area contributed by atoms with Crippen molar-refractivity contribution in [3.63, 3.8) is 0 Å². The van der Waals surface area contributed by atoms with Crippen LogP contribution in [0.3, 0.4) is 0 Å². The van der Waals surface area contributed by atoms with Gasteiger partial charge >= 0.3 is 0 Å². The van der Waals surface area contributed by atoms with Gasteiger partial charge in [-0.1, -0.05) is 12.8 Å². The fourth-order valence-corrected chi connectivity index (χ4v) is 3.94. The van der Waals surface area contributed by atoms with E-state index < -0.39 is 0 Å². The van der Waals surface area contributed by atoms with Crippen molar-refractivity contribution >= 4 is 11.6 Å². The highest BCUT2D eigenvalue weighted by molar-refractivity contribution is 5.78. The van der Waals surface area contributed by atoms with Crippen LogP contribution in [0.2, 0.25) is 0 Å². The van der Waals surface area contributed by atoms with Gasteiger partial charge in [-0.05, 0) is 43.2 Å². The SMILES string of the molecule is NC(=NCc1ccn(C2CCCC2)n1)N1CCN(c2ccc(F)cc2)CC1. The molecule has 0 bridgehead atoms. The molecule has 0 atom stereocenters. The molecule has 0 radical (unpaired) electrons. The van der Waals surface area contributed by atoms with Crippen LogP contribution in [0, 0.1) is 5.82 Å². The zero-order valence-electron chi connectivity index (χ0n) is 15.6. The lowest BCUT2D eigenvalue weighted by atomic mass is 10.2. The largest absolute Gasteiger partial charge is 0.370 e. The zero-order chi connectivity index (χ0) is 18.6.